The Morgan fingerprint density at radius 1 is 0.526 bits per heavy atom. The van der Waals surface area contributed by atoms with E-state index in [2.05, 4.69) is 0 Å². The maximum absolute atomic E-state index is 12.8. The lowest BCUT2D eigenvalue weighted by atomic mass is 9.88. The van der Waals surface area contributed by atoms with Gasteiger partial charge in [-0.25, -0.2) is 0 Å². The van der Waals surface area contributed by atoms with Crippen LogP contribution in [0.1, 0.15) is 24.5 Å². The van der Waals surface area contributed by atoms with Crippen LogP contribution < -0.4 is 0 Å². The van der Waals surface area contributed by atoms with E-state index in [1.807, 2.05) is 0 Å². The van der Waals surface area contributed by atoms with Crippen LogP contribution in [-0.4, -0.2) is 45.1 Å². The summed E-state index contributed by atoms with van der Waals surface area (Å²) in [4.78, 5) is -0.301. The normalized spacial score (nSPS) is 12.9. The quantitative estimate of drug-likeness (QED) is 0.272. The molecule has 0 saturated heterocycles. The van der Waals surface area contributed by atoms with Crippen molar-refractivity contribution in [3.05, 3.63) is 90.0 Å². The first-order valence-corrected chi connectivity index (χ1v) is 15.9. The minimum absolute atomic E-state index is 0.0736. The van der Waals surface area contributed by atoms with Gasteiger partial charge in [0, 0.05) is 5.41 Å². The van der Waals surface area contributed by atoms with Crippen LogP contribution in [0.15, 0.2) is 93.5 Å². The largest absolute Gasteiger partial charge is 0.296 e. The van der Waals surface area contributed by atoms with E-state index in [1.54, 1.807) is 51.1 Å². The number of benzene rings is 3. The summed E-state index contributed by atoms with van der Waals surface area (Å²) in [7, 11) is -12.7. The molecule has 3 rings (SSSR count). The van der Waals surface area contributed by atoms with Crippen molar-refractivity contribution >= 4 is 30.4 Å². The van der Waals surface area contributed by atoms with Crippen LogP contribution in [-0.2, 0) is 42.9 Å². The average molecular weight is 583 g/mol. The van der Waals surface area contributed by atoms with Gasteiger partial charge in [-0.1, -0.05) is 60.5 Å². The standard InChI is InChI=1S/C26H30O9S3/c1-4-26(18-33-36(27,28)23-8-6-5-7-9-23,19-34-37(29,30)24-14-10-21(2)11-15-24)20-35-38(31,32)25-16-12-22(3)13-17-25/h5-17H,4,18-20H2,1-3H3. The lowest BCUT2D eigenvalue weighted by Crippen LogP contribution is -2.39. The van der Waals surface area contributed by atoms with E-state index in [-0.39, 0.29) is 21.1 Å². The minimum atomic E-state index is -4.25. The van der Waals surface area contributed by atoms with Gasteiger partial charge in [-0.2, -0.15) is 25.3 Å². The van der Waals surface area contributed by atoms with Gasteiger partial charge in [0.05, 0.1) is 34.5 Å². The summed E-state index contributed by atoms with van der Waals surface area (Å²) < 4.78 is 92.8. The third kappa shape index (κ3) is 7.71. The average Bonchev–Trinajstić information content (AvgIpc) is 2.90. The first kappa shape index (κ1) is 29.9. The molecule has 0 heterocycles. The second-order valence-electron chi connectivity index (χ2n) is 8.94. The van der Waals surface area contributed by atoms with Gasteiger partial charge >= 0.3 is 0 Å². The van der Waals surface area contributed by atoms with E-state index in [0.717, 1.165) is 11.1 Å². The van der Waals surface area contributed by atoms with E-state index in [9.17, 15) is 25.3 Å². The van der Waals surface area contributed by atoms with Crippen LogP contribution in [0.2, 0.25) is 0 Å². The molecule has 206 valence electrons. The molecule has 3 aromatic carbocycles. The van der Waals surface area contributed by atoms with E-state index in [1.165, 1.54) is 48.5 Å². The second-order valence-corrected chi connectivity index (χ2v) is 13.8. The van der Waals surface area contributed by atoms with Crippen LogP contribution in [0.3, 0.4) is 0 Å². The topological polar surface area (TPSA) is 130 Å². The fourth-order valence-electron chi connectivity index (χ4n) is 3.24. The summed E-state index contributed by atoms with van der Waals surface area (Å²) in [6.07, 6.45) is 0.0736. The maximum Gasteiger partial charge on any atom is 0.296 e. The summed E-state index contributed by atoms with van der Waals surface area (Å²) in [5, 5.41) is 0. The molecule has 0 unspecified atom stereocenters. The maximum atomic E-state index is 12.8. The summed E-state index contributed by atoms with van der Waals surface area (Å²) in [5.74, 6) is 0. The van der Waals surface area contributed by atoms with Gasteiger partial charge in [-0.05, 0) is 56.7 Å². The van der Waals surface area contributed by atoms with Gasteiger partial charge in [0.15, 0.2) is 0 Å². The monoisotopic (exact) mass is 582 g/mol. The lowest BCUT2D eigenvalue weighted by Gasteiger charge is -2.31. The molecular weight excluding hydrogens is 552 g/mol. The van der Waals surface area contributed by atoms with Gasteiger partial charge in [0.25, 0.3) is 30.4 Å². The molecule has 3 aromatic rings. The Balaban J connectivity index is 1.87. The smallest absolute Gasteiger partial charge is 0.266 e. The molecule has 12 heteroatoms. The Morgan fingerprint density at radius 3 is 1.16 bits per heavy atom. The third-order valence-electron chi connectivity index (χ3n) is 5.96. The van der Waals surface area contributed by atoms with Crippen molar-refractivity contribution in [2.75, 3.05) is 19.8 Å². The highest BCUT2D eigenvalue weighted by Gasteiger charge is 2.37. The van der Waals surface area contributed by atoms with Gasteiger partial charge in [-0.3, -0.25) is 12.5 Å². The Morgan fingerprint density at radius 2 is 0.842 bits per heavy atom. The fraction of sp³-hybridized carbons (Fsp3) is 0.308. The lowest BCUT2D eigenvalue weighted by molar-refractivity contribution is 0.0364. The molecule has 0 aliphatic heterocycles. The number of rotatable bonds is 13. The summed E-state index contributed by atoms with van der Waals surface area (Å²) in [6.45, 7) is 3.46. The van der Waals surface area contributed by atoms with Crippen molar-refractivity contribution in [1.29, 1.82) is 0 Å². The predicted molar refractivity (Wildman–Crippen MR) is 141 cm³/mol. The second kappa shape index (κ2) is 12.1. The van der Waals surface area contributed by atoms with Crippen LogP contribution >= 0.6 is 0 Å². The molecule has 0 bridgehead atoms. The van der Waals surface area contributed by atoms with Crippen molar-refractivity contribution in [3.8, 4) is 0 Å². The Kier molecular flexibility index (Phi) is 9.50. The molecule has 9 nitrogen and oxygen atoms in total. The Hall–Kier alpha value is -2.61. The SMILES string of the molecule is CCC(COS(=O)(=O)c1ccccc1)(COS(=O)(=O)c1ccc(C)cc1)COS(=O)(=O)c1ccc(C)cc1. The molecule has 0 fully saturated rings. The van der Waals surface area contributed by atoms with Crippen molar-refractivity contribution < 1.29 is 37.8 Å². The van der Waals surface area contributed by atoms with Crippen LogP contribution in [0.5, 0.6) is 0 Å². The van der Waals surface area contributed by atoms with E-state index >= 15 is 0 Å². The van der Waals surface area contributed by atoms with Gasteiger partial charge < -0.3 is 0 Å². The van der Waals surface area contributed by atoms with Crippen LogP contribution in [0, 0.1) is 19.3 Å². The highest BCUT2D eigenvalue weighted by Crippen LogP contribution is 2.30. The number of hydrogen-bond donors (Lipinski definition) is 0. The highest BCUT2D eigenvalue weighted by atomic mass is 32.2. The van der Waals surface area contributed by atoms with Crippen molar-refractivity contribution in [2.45, 2.75) is 41.9 Å². The summed E-state index contributed by atoms with van der Waals surface area (Å²) in [6, 6.07) is 19.3. The van der Waals surface area contributed by atoms with Gasteiger partial charge in [-0.15, -0.1) is 0 Å². The van der Waals surface area contributed by atoms with Crippen molar-refractivity contribution in [1.82, 2.24) is 0 Å². The van der Waals surface area contributed by atoms with E-state index in [0.29, 0.717) is 0 Å². The molecule has 0 amide bonds. The molecule has 0 aliphatic rings. The van der Waals surface area contributed by atoms with Gasteiger partial charge in [0.2, 0.25) is 0 Å². The summed E-state index contributed by atoms with van der Waals surface area (Å²) in [5.41, 5.74) is 0.236. The molecule has 0 aromatic heterocycles. The molecule has 0 spiro atoms. The Bertz CT molecular complexity index is 1450. The predicted octanol–water partition coefficient (Wildman–Crippen LogP) is 4.22. The number of hydrogen-bond acceptors (Lipinski definition) is 9. The minimum Gasteiger partial charge on any atom is -0.266 e. The highest BCUT2D eigenvalue weighted by molar-refractivity contribution is 7.87. The van der Waals surface area contributed by atoms with E-state index < -0.39 is 55.6 Å². The zero-order valence-corrected chi connectivity index (χ0v) is 23.7. The van der Waals surface area contributed by atoms with E-state index in [4.69, 9.17) is 12.5 Å². The molecule has 0 atom stereocenters. The molecule has 0 aliphatic carbocycles. The number of aryl methyl sites for hydroxylation is 2. The Labute approximate surface area is 224 Å². The van der Waals surface area contributed by atoms with Crippen LogP contribution in [0.4, 0.5) is 0 Å². The molecule has 0 N–H and O–H groups in total. The first-order valence-electron chi connectivity index (χ1n) is 11.7. The first-order chi connectivity index (χ1) is 17.8. The molecule has 0 radical (unpaired) electrons. The molecule has 0 saturated carbocycles. The zero-order chi connectivity index (χ0) is 28.0. The summed E-state index contributed by atoms with van der Waals surface area (Å²) >= 11 is 0. The van der Waals surface area contributed by atoms with Crippen molar-refractivity contribution in [2.24, 2.45) is 5.41 Å². The molecule has 38 heavy (non-hydrogen) atoms. The van der Waals surface area contributed by atoms with Crippen molar-refractivity contribution in [3.63, 3.8) is 0 Å². The molecular formula is C26H30O9S3. The van der Waals surface area contributed by atoms with Crippen LogP contribution in [0.25, 0.3) is 0 Å². The zero-order valence-electron chi connectivity index (χ0n) is 21.2. The third-order valence-corrected chi connectivity index (χ3v) is 9.79. The van der Waals surface area contributed by atoms with Gasteiger partial charge in [0.1, 0.15) is 0 Å². The fourth-order valence-corrected chi connectivity index (χ4v) is 6.29.